The van der Waals surface area contributed by atoms with Crippen molar-refractivity contribution in [3.8, 4) is 0 Å². The van der Waals surface area contributed by atoms with Gasteiger partial charge in [0.15, 0.2) is 0 Å². The van der Waals surface area contributed by atoms with Crippen molar-refractivity contribution in [3.63, 3.8) is 0 Å². The van der Waals surface area contributed by atoms with E-state index in [9.17, 15) is 23.2 Å². The highest BCUT2D eigenvalue weighted by molar-refractivity contribution is 6.40. The SMILES string of the molecule is CCC(C)(CC(=O)C(=O)Nc1ccc2c(=O)onc(C)c2c1)c1c(F)cccc1F. The van der Waals surface area contributed by atoms with Crippen molar-refractivity contribution in [2.24, 2.45) is 0 Å². The number of hydrogen-bond acceptors (Lipinski definition) is 5. The molecular formula is C22H20F2N2O4. The van der Waals surface area contributed by atoms with Crippen molar-refractivity contribution < 1.29 is 22.9 Å². The number of anilines is 1. The fourth-order valence-corrected chi connectivity index (χ4v) is 3.41. The number of amides is 1. The minimum atomic E-state index is -1.19. The van der Waals surface area contributed by atoms with Crippen molar-refractivity contribution in [3.05, 3.63) is 69.7 Å². The minimum absolute atomic E-state index is 0.215. The van der Waals surface area contributed by atoms with Gasteiger partial charge < -0.3 is 9.84 Å². The first-order valence-electron chi connectivity index (χ1n) is 9.35. The summed E-state index contributed by atoms with van der Waals surface area (Å²) >= 11 is 0. The largest absolute Gasteiger partial charge is 0.366 e. The number of rotatable bonds is 6. The summed E-state index contributed by atoms with van der Waals surface area (Å²) in [6.45, 7) is 4.88. The predicted molar refractivity (Wildman–Crippen MR) is 107 cm³/mol. The maximum atomic E-state index is 14.3. The van der Waals surface area contributed by atoms with Crippen molar-refractivity contribution in [1.82, 2.24) is 5.16 Å². The quantitative estimate of drug-likeness (QED) is 0.615. The highest BCUT2D eigenvalue weighted by atomic mass is 19.1. The van der Waals surface area contributed by atoms with Gasteiger partial charge in [0.1, 0.15) is 11.6 Å². The van der Waals surface area contributed by atoms with Crippen LogP contribution < -0.4 is 10.9 Å². The number of carbonyl (C=O) groups excluding carboxylic acids is 2. The Balaban J connectivity index is 1.84. The first-order valence-corrected chi connectivity index (χ1v) is 9.35. The van der Waals surface area contributed by atoms with Crippen molar-refractivity contribution in [2.75, 3.05) is 5.32 Å². The van der Waals surface area contributed by atoms with Crippen LogP contribution in [0.15, 0.2) is 45.7 Å². The summed E-state index contributed by atoms with van der Waals surface area (Å²) in [4.78, 5) is 36.7. The Bertz CT molecular complexity index is 1190. The molecule has 1 unspecified atom stereocenters. The van der Waals surface area contributed by atoms with E-state index in [4.69, 9.17) is 0 Å². The Hall–Kier alpha value is -3.42. The lowest BCUT2D eigenvalue weighted by atomic mass is 9.75. The minimum Gasteiger partial charge on any atom is -0.319 e. The number of halogens is 2. The summed E-state index contributed by atoms with van der Waals surface area (Å²) in [5, 5.41) is 6.87. The Morgan fingerprint density at radius 1 is 1.13 bits per heavy atom. The van der Waals surface area contributed by atoms with Crippen LogP contribution in [-0.2, 0) is 15.0 Å². The third-order valence-corrected chi connectivity index (χ3v) is 5.30. The zero-order valence-corrected chi connectivity index (χ0v) is 16.7. The molecule has 0 saturated heterocycles. The van der Waals surface area contributed by atoms with Crippen LogP contribution in [0, 0.1) is 18.6 Å². The van der Waals surface area contributed by atoms with Gasteiger partial charge >= 0.3 is 5.63 Å². The Kier molecular flexibility index (Phi) is 5.78. The van der Waals surface area contributed by atoms with Crippen LogP contribution in [0.5, 0.6) is 0 Å². The van der Waals surface area contributed by atoms with Crippen LogP contribution in [-0.4, -0.2) is 16.8 Å². The highest BCUT2D eigenvalue weighted by Crippen LogP contribution is 2.35. The van der Waals surface area contributed by atoms with Gasteiger partial charge in [-0.1, -0.05) is 25.1 Å². The fourth-order valence-electron chi connectivity index (χ4n) is 3.41. The molecule has 3 rings (SSSR count). The second kappa shape index (κ2) is 8.14. The molecule has 0 aliphatic rings. The van der Waals surface area contributed by atoms with E-state index >= 15 is 0 Å². The molecule has 0 radical (unpaired) electrons. The molecule has 2 aromatic carbocycles. The number of benzene rings is 2. The van der Waals surface area contributed by atoms with Crippen molar-refractivity contribution in [2.45, 2.75) is 39.0 Å². The summed E-state index contributed by atoms with van der Waals surface area (Å²) in [7, 11) is 0. The average Bonchev–Trinajstić information content (AvgIpc) is 2.70. The van der Waals surface area contributed by atoms with E-state index in [0.29, 0.717) is 16.5 Å². The summed E-state index contributed by atoms with van der Waals surface area (Å²) < 4.78 is 33.2. The molecule has 0 aliphatic heterocycles. The van der Waals surface area contributed by atoms with E-state index < -0.39 is 34.4 Å². The van der Waals surface area contributed by atoms with Gasteiger partial charge in [-0.3, -0.25) is 9.59 Å². The van der Waals surface area contributed by atoms with E-state index in [1.54, 1.807) is 20.8 Å². The molecule has 1 atom stereocenters. The van der Waals surface area contributed by atoms with E-state index in [1.165, 1.54) is 24.3 Å². The zero-order chi connectivity index (χ0) is 22.1. The van der Waals surface area contributed by atoms with Crippen LogP contribution in [0.3, 0.4) is 0 Å². The van der Waals surface area contributed by atoms with Crippen molar-refractivity contribution >= 4 is 28.2 Å². The second-order valence-corrected chi connectivity index (χ2v) is 7.38. The van der Waals surface area contributed by atoms with E-state index in [0.717, 1.165) is 12.1 Å². The van der Waals surface area contributed by atoms with Crippen LogP contribution in [0.2, 0.25) is 0 Å². The first kappa shape index (κ1) is 21.3. The number of nitrogens with zero attached hydrogens (tertiary/aromatic N) is 1. The maximum absolute atomic E-state index is 14.3. The lowest BCUT2D eigenvalue weighted by Crippen LogP contribution is -2.33. The average molecular weight is 414 g/mol. The summed E-state index contributed by atoms with van der Waals surface area (Å²) in [5.41, 5.74) is -1.29. The van der Waals surface area contributed by atoms with E-state index in [-0.39, 0.29) is 24.1 Å². The molecular weight excluding hydrogens is 394 g/mol. The normalized spacial score (nSPS) is 13.1. The standard InChI is InChI=1S/C22H20F2N2O4/c1-4-22(3,19-16(23)6-5-7-17(19)24)11-18(27)20(28)25-13-8-9-14-15(10-13)12(2)26-30-21(14)29/h5-10H,4,11H2,1-3H3,(H,25,28). The van der Waals surface area contributed by atoms with Crippen LogP contribution in [0.25, 0.3) is 10.8 Å². The number of aromatic nitrogens is 1. The van der Waals surface area contributed by atoms with Gasteiger partial charge in [0, 0.05) is 28.5 Å². The smallest absolute Gasteiger partial charge is 0.319 e. The zero-order valence-electron chi connectivity index (χ0n) is 16.7. The number of carbonyl (C=O) groups is 2. The molecule has 1 N–H and O–H groups in total. The molecule has 1 amide bonds. The molecule has 0 fully saturated rings. The number of ketones is 1. The van der Waals surface area contributed by atoms with Gasteiger partial charge in [-0.15, -0.1) is 0 Å². The van der Waals surface area contributed by atoms with Crippen LogP contribution in [0.4, 0.5) is 14.5 Å². The summed E-state index contributed by atoms with van der Waals surface area (Å²) in [5.74, 6) is -3.25. The van der Waals surface area contributed by atoms with E-state index in [1.807, 2.05) is 0 Å². The van der Waals surface area contributed by atoms with Gasteiger partial charge in [0.2, 0.25) is 5.78 Å². The number of nitrogens with one attached hydrogen (secondary N) is 1. The number of Topliss-reactive ketones (excluding diaryl/α,β-unsaturated/α-hetero) is 1. The van der Waals surface area contributed by atoms with Gasteiger partial charge in [-0.2, -0.15) is 0 Å². The molecule has 1 aromatic heterocycles. The number of fused-ring (bicyclic) bond motifs is 1. The van der Waals surface area contributed by atoms with Gasteiger partial charge in [-0.25, -0.2) is 13.6 Å². The second-order valence-electron chi connectivity index (χ2n) is 7.38. The molecule has 8 heteroatoms. The molecule has 0 aliphatic carbocycles. The molecule has 0 spiro atoms. The van der Waals surface area contributed by atoms with Gasteiger partial charge in [0.25, 0.3) is 5.91 Å². The third-order valence-electron chi connectivity index (χ3n) is 5.30. The summed E-state index contributed by atoms with van der Waals surface area (Å²) in [6.07, 6.45) is -0.120. The highest BCUT2D eigenvalue weighted by Gasteiger charge is 2.35. The molecule has 156 valence electrons. The number of aryl methyl sites for hydroxylation is 1. The predicted octanol–water partition coefficient (Wildman–Crippen LogP) is 4.04. The lowest BCUT2D eigenvalue weighted by molar-refractivity contribution is -0.135. The molecule has 30 heavy (non-hydrogen) atoms. The molecule has 1 heterocycles. The number of hydrogen-bond donors (Lipinski definition) is 1. The molecule has 0 bridgehead atoms. The van der Waals surface area contributed by atoms with Gasteiger partial charge in [0.05, 0.1) is 11.1 Å². The van der Waals surface area contributed by atoms with Crippen LogP contribution in [0.1, 0.15) is 37.9 Å². The Morgan fingerprint density at radius 3 is 2.43 bits per heavy atom. The van der Waals surface area contributed by atoms with Crippen molar-refractivity contribution in [1.29, 1.82) is 0 Å². The van der Waals surface area contributed by atoms with Gasteiger partial charge in [-0.05, 0) is 43.7 Å². The van der Waals surface area contributed by atoms with E-state index in [2.05, 4.69) is 15.0 Å². The lowest BCUT2D eigenvalue weighted by Gasteiger charge is -2.28. The monoisotopic (exact) mass is 414 g/mol. The fraction of sp³-hybridized carbons (Fsp3) is 0.273. The summed E-state index contributed by atoms with van der Waals surface area (Å²) in [6, 6.07) is 7.92. The molecule has 6 nitrogen and oxygen atoms in total. The molecule has 3 aromatic rings. The molecule has 0 saturated carbocycles. The Labute approximate surface area is 170 Å². The topological polar surface area (TPSA) is 89.3 Å². The first-order chi connectivity index (χ1) is 14.2. The Morgan fingerprint density at radius 2 is 1.80 bits per heavy atom. The van der Waals surface area contributed by atoms with Crippen LogP contribution >= 0.6 is 0 Å². The maximum Gasteiger partial charge on any atom is 0.366 e. The third kappa shape index (κ3) is 3.98.